The van der Waals surface area contributed by atoms with Crippen LogP contribution in [0.3, 0.4) is 0 Å². The lowest BCUT2D eigenvalue weighted by molar-refractivity contribution is 0.0465. The molecule has 0 bridgehead atoms. The van der Waals surface area contributed by atoms with Crippen molar-refractivity contribution < 1.29 is 4.74 Å². The molecule has 2 nitrogen and oxygen atoms in total. The Hall–Kier alpha value is -0.700. The molecule has 0 N–H and O–H groups in total. The lowest BCUT2D eigenvalue weighted by atomic mass is 10.2. The Bertz CT molecular complexity index is 578. The second kappa shape index (κ2) is 4.76. The summed E-state index contributed by atoms with van der Waals surface area (Å²) in [4.78, 5) is 0. The van der Waals surface area contributed by atoms with Crippen molar-refractivity contribution in [1.82, 2.24) is 4.57 Å². The Morgan fingerprint density at radius 1 is 1.33 bits per heavy atom. The summed E-state index contributed by atoms with van der Waals surface area (Å²) >= 11 is 12.3. The number of ether oxygens (including phenoxy) is 1. The maximum absolute atomic E-state index is 6.19. The number of fused-ring (bicyclic) bond motifs is 1. The van der Waals surface area contributed by atoms with Crippen molar-refractivity contribution in [2.24, 2.45) is 0 Å². The van der Waals surface area contributed by atoms with Gasteiger partial charge in [0.25, 0.3) is 0 Å². The van der Waals surface area contributed by atoms with Crippen molar-refractivity contribution in [3.8, 4) is 0 Å². The molecule has 2 unspecified atom stereocenters. The van der Waals surface area contributed by atoms with Crippen LogP contribution in [-0.2, 0) is 11.3 Å². The zero-order chi connectivity index (χ0) is 12.7. The molecule has 0 aliphatic carbocycles. The molecule has 0 spiro atoms. The Morgan fingerprint density at radius 3 is 2.89 bits per heavy atom. The number of benzene rings is 1. The summed E-state index contributed by atoms with van der Waals surface area (Å²) in [6.07, 6.45) is 5.00. The van der Waals surface area contributed by atoms with Crippen molar-refractivity contribution in [2.75, 3.05) is 0 Å². The predicted octanol–water partition coefficient (Wildman–Crippen LogP) is 4.52. The third-order valence-electron chi connectivity index (χ3n) is 3.52. The largest absolute Gasteiger partial charge is 0.373 e. The van der Waals surface area contributed by atoms with Gasteiger partial charge in [0.05, 0.1) is 22.7 Å². The van der Waals surface area contributed by atoms with Gasteiger partial charge in [0, 0.05) is 23.2 Å². The van der Waals surface area contributed by atoms with Crippen LogP contribution >= 0.6 is 23.2 Å². The molecule has 1 aromatic carbocycles. The van der Waals surface area contributed by atoms with Crippen molar-refractivity contribution in [3.63, 3.8) is 0 Å². The molecule has 2 aromatic rings. The normalized spacial score (nSPS) is 23.9. The highest BCUT2D eigenvalue weighted by atomic mass is 35.5. The van der Waals surface area contributed by atoms with Crippen molar-refractivity contribution in [2.45, 2.75) is 38.5 Å². The quantitative estimate of drug-likeness (QED) is 0.791. The van der Waals surface area contributed by atoms with Gasteiger partial charge in [0.15, 0.2) is 0 Å². The smallest absolute Gasteiger partial charge is 0.0758 e. The van der Waals surface area contributed by atoms with E-state index >= 15 is 0 Å². The molecule has 1 aromatic heterocycles. The van der Waals surface area contributed by atoms with Crippen LogP contribution in [0, 0.1) is 0 Å². The molecule has 1 fully saturated rings. The molecule has 0 radical (unpaired) electrons. The molecular weight excluding hydrogens is 269 g/mol. The fraction of sp³-hybridized carbons (Fsp3) is 0.429. The summed E-state index contributed by atoms with van der Waals surface area (Å²) in [6.45, 7) is 2.99. The monoisotopic (exact) mass is 283 g/mol. The predicted molar refractivity (Wildman–Crippen MR) is 75.5 cm³/mol. The summed E-state index contributed by atoms with van der Waals surface area (Å²) in [5.41, 5.74) is 1.08. The third kappa shape index (κ3) is 2.25. The molecule has 18 heavy (non-hydrogen) atoms. The fourth-order valence-electron chi connectivity index (χ4n) is 2.62. The number of halogens is 2. The maximum Gasteiger partial charge on any atom is 0.0758 e. The summed E-state index contributed by atoms with van der Waals surface area (Å²) in [6, 6.07) is 5.78. The average molecular weight is 284 g/mol. The Kier molecular flexibility index (Phi) is 3.27. The van der Waals surface area contributed by atoms with Gasteiger partial charge >= 0.3 is 0 Å². The minimum atomic E-state index is 0.299. The van der Waals surface area contributed by atoms with E-state index < -0.39 is 0 Å². The van der Waals surface area contributed by atoms with E-state index in [1.807, 2.05) is 12.1 Å². The van der Waals surface area contributed by atoms with E-state index in [-0.39, 0.29) is 0 Å². The molecule has 1 saturated heterocycles. The second-order valence-corrected chi connectivity index (χ2v) is 5.78. The van der Waals surface area contributed by atoms with Gasteiger partial charge in [-0.05, 0) is 38.0 Å². The Balaban J connectivity index is 1.93. The highest BCUT2D eigenvalue weighted by Crippen LogP contribution is 2.30. The van der Waals surface area contributed by atoms with Crippen LogP contribution < -0.4 is 0 Å². The molecule has 2 atom stereocenters. The van der Waals surface area contributed by atoms with E-state index in [2.05, 4.69) is 17.7 Å². The van der Waals surface area contributed by atoms with E-state index in [0.29, 0.717) is 22.3 Å². The van der Waals surface area contributed by atoms with E-state index in [0.717, 1.165) is 30.3 Å². The summed E-state index contributed by atoms with van der Waals surface area (Å²) < 4.78 is 8.03. The summed E-state index contributed by atoms with van der Waals surface area (Å²) in [7, 11) is 0. The SMILES string of the molecule is CC1CCC(Cn2ccc3c(Cl)cc(Cl)cc32)O1. The number of hydrogen-bond donors (Lipinski definition) is 0. The van der Waals surface area contributed by atoms with Crippen molar-refractivity contribution in [1.29, 1.82) is 0 Å². The third-order valence-corrected chi connectivity index (χ3v) is 4.05. The average Bonchev–Trinajstić information content (AvgIpc) is 2.87. The Labute approximate surface area is 116 Å². The zero-order valence-electron chi connectivity index (χ0n) is 10.2. The molecule has 0 saturated carbocycles. The number of nitrogens with zero attached hydrogens (tertiary/aromatic N) is 1. The Morgan fingerprint density at radius 2 is 2.17 bits per heavy atom. The first-order valence-electron chi connectivity index (χ1n) is 6.23. The van der Waals surface area contributed by atoms with Gasteiger partial charge in [-0.3, -0.25) is 0 Å². The molecular formula is C14H15Cl2NO. The topological polar surface area (TPSA) is 14.2 Å². The van der Waals surface area contributed by atoms with Crippen LogP contribution in [0.15, 0.2) is 24.4 Å². The summed E-state index contributed by atoms with van der Waals surface area (Å²) in [5.74, 6) is 0. The van der Waals surface area contributed by atoms with Gasteiger partial charge in [-0.1, -0.05) is 23.2 Å². The van der Waals surface area contributed by atoms with E-state index in [1.54, 1.807) is 6.07 Å². The van der Waals surface area contributed by atoms with E-state index in [9.17, 15) is 0 Å². The van der Waals surface area contributed by atoms with Crippen molar-refractivity contribution >= 4 is 34.1 Å². The molecule has 3 rings (SSSR count). The van der Waals surface area contributed by atoms with Gasteiger partial charge in [0.2, 0.25) is 0 Å². The molecule has 0 amide bonds. The minimum Gasteiger partial charge on any atom is -0.373 e. The van der Waals surface area contributed by atoms with Crippen LogP contribution in [0.4, 0.5) is 0 Å². The first-order chi connectivity index (χ1) is 8.63. The lowest BCUT2D eigenvalue weighted by Gasteiger charge is -2.13. The maximum atomic E-state index is 6.19. The van der Waals surface area contributed by atoms with Gasteiger partial charge in [0.1, 0.15) is 0 Å². The number of rotatable bonds is 2. The second-order valence-electron chi connectivity index (χ2n) is 4.93. The van der Waals surface area contributed by atoms with E-state index in [1.165, 1.54) is 0 Å². The highest BCUT2D eigenvalue weighted by molar-refractivity contribution is 6.38. The molecule has 96 valence electrons. The lowest BCUT2D eigenvalue weighted by Crippen LogP contribution is -2.15. The molecule has 2 heterocycles. The van der Waals surface area contributed by atoms with Crippen molar-refractivity contribution in [3.05, 3.63) is 34.4 Å². The molecule has 1 aliphatic rings. The molecule has 1 aliphatic heterocycles. The van der Waals surface area contributed by atoms with Crippen LogP contribution in [-0.4, -0.2) is 16.8 Å². The summed E-state index contributed by atoms with van der Waals surface area (Å²) in [5, 5.41) is 2.43. The number of hydrogen-bond acceptors (Lipinski definition) is 1. The minimum absolute atomic E-state index is 0.299. The van der Waals surface area contributed by atoms with Gasteiger partial charge < -0.3 is 9.30 Å². The van der Waals surface area contributed by atoms with Crippen LogP contribution in [0.2, 0.25) is 10.0 Å². The van der Waals surface area contributed by atoms with Gasteiger partial charge in [-0.15, -0.1) is 0 Å². The first-order valence-corrected chi connectivity index (χ1v) is 6.98. The van der Waals surface area contributed by atoms with Crippen LogP contribution in [0.5, 0.6) is 0 Å². The first kappa shape index (κ1) is 12.3. The number of aromatic nitrogens is 1. The highest BCUT2D eigenvalue weighted by Gasteiger charge is 2.22. The van der Waals surface area contributed by atoms with Crippen LogP contribution in [0.1, 0.15) is 19.8 Å². The van der Waals surface area contributed by atoms with Crippen LogP contribution in [0.25, 0.3) is 10.9 Å². The van der Waals surface area contributed by atoms with Gasteiger partial charge in [-0.25, -0.2) is 0 Å². The fourth-order valence-corrected chi connectivity index (χ4v) is 3.16. The van der Waals surface area contributed by atoms with E-state index in [4.69, 9.17) is 27.9 Å². The standard InChI is InChI=1S/C14H15Cl2NO/c1-9-2-3-11(18-9)8-17-5-4-12-13(16)6-10(15)7-14(12)17/h4-7,9,11H,2-3,8H2,1H3. The molecule has 4 heteroatoms. The zero-order valence-corrected chi connectivity index (χ0v) is 11.7. The van der Waals surface area contributed by atoms with Gasteiger partial charge in [-0.2, -0.15) is 0 Å².